The molecule has 3 aromatic rings. The molecule has 0 aliphatic carbocycles. The van der Waals surface area contributed by atoms with E-state index in [2.05, 4.69) is 0 Å². The van der Waals surface area contributed by atoms with Crippen molar-refractivity contribution >= 4 is 11.1 Å². The van der Waals surface area contributed by atoms with Crippen LogP contribution < -0.4 is 0 Å². The van der Waals surface area contributed by atoms with Gasteiger partial charge in [0, 0.05) is 17.1 Å². The molecule has 3 rings (SSSR count). The first-order valence-electron chi connectivity index (χ1n) is 7.14. The van der Waals surface area contributed by atoms with E-state index in [0.717, 1.165) is 28.2 Å². The van der Waals surface area contributed by atoms with Gasteiger partial charge in [-0.15, -0.1) is 0 Å². The summed E-state index contributed by atoms with van der Waals surface area (Å²) in [6.07, 6.45) is 0. The van der Waals surface area contributed by atoms with Gasteiger partial charge >= 0.3 is 0 Å². The van der Waals surface area contributed by atoms with E-state index in [1.54, 1.807) is 12.1 Å². The zero-order chi connectivity index (χ0) is 16.4. The van der Waals surface area contributed by atoms with E-state index in [1.807, 2.05) is 47.9 Å². The summed E-state index contributed by atoms with van der Waals surface area (Å²) in [5.41, 5.74) is 4.62. The number of nitrogens with zero attached hydrogens (tertiary/aromatic N) is 1. The molecule has 0 radical (unpaired) electrons. The molecule has 0 aliphatic rings. The van der Waals surface area contributed by atoms with Gasteiger partial charge in [0.25, 0.3) is 0 Å². The summed E-state index contributed by atoms with van der Waals surface area (Å²) in [5.74, 6) is -0.256. The average molecular weight is 328 g/mol. The Bertz CT molecular complexity index is 838. The monoisotopic (exact) mass is 328 g/mol. The van der Waals surface area contributed by atoms with E-state index in [4.69, 9.17) is 0 Å². The molecular weight excluding hydrogens is 313 g/mol. The number of benzene rings is 2. The maximum absolute atomic E-state index is 13.1. The Hall–Kier alpha value is -2.24. The summed E-state index contributed by atoms with van der Waals surface area (Å²) < 4.78 is 36.7. The highest BCUT2D eigenvalue weighted by Crippen LogP contribution is 2.27. The summed E-state index contributed by atoms with van der Waals surface area (Å²) >= 11 is -2.09. The van der Waals surface area contributed by atoms with Crippen LogP contribution in [0.2, 0.25) is 0 Å². The fourth-order valence-electron chi connectivity index (χ4n) is 2.60. The number of rotatable bonds is 4. The van der Waals surface area contributed by atoms with E-state index in [0.29, 0.717) is 0 Å². The quantitative estimate of drug-likeness (QED) is 0.680. The van der Waals surface area contributed by atoms with Crippen LogP contribution in [0.4, 0.5) is 4.39 Å². The summed E-state index contributed by atoms with van der Waals surface area (Å²) in [7, 11) is 0. The molecule has 0 fully saturated rings. The topological polar surface area (TPSA) is 45.1 Å². The number of aromatic nitrogens is 1. The molecule has 1 unspecified atom stereocenters. The second-order valence-electron chi connectivity index (χ2n) is 5.32. The fourth-order valence-corrected chi connectivity index (χ4v) is 3.07. The van der Waals surface area contributed by atoms with Crippen molar-refractivity contribution in [3.63, 3.8) is 0 Å². The molecule has 118 valence electrons. The van der Waals surface area contributed by atoms with Crippen molar-refractivity contribution in [1.82, 2.24) is 4.57 Å². The Labute approximate surface area is 136 Å². The molecule has 3 nitrogen and oxygen atoms in total. The van der Waals surface area contributed by atoms with Crippen molar-refractivity contribution in [3.8, 4) is 16.9 Å². The molecule has 1 aromatic heterocycles. The van der Waals surface area contributed by atoms with E-state index in [-0.39, 0.29) is 11.6 Å². The number of halogens is 1. The predicted octanol–water partition coefficient (Wildman–Crippen LogP) is 3.97. The smallest absolute Gasteiger partial charge is 0.123 e. The molecule has 0 aliphatic heterocycles. The molecule has 0 saturated heterocycles. The minimum Gasteiger partial charge on any atom is -0.772 e. The van der Waals surface area contributed by atoms with Gasteiger partial charge in [0.2, 0.25) is 0 Å². The van der Waals surface area contributed by atoms with Gasteiger partial charge < -0.3 is 9.12 Å². The Balaban J connectivity index is 2.01. The van der Waals surface area contributed by atoms with Crippen molar-refractivity contribution in [2.75, 3.05) is 0 Å². The summed E-state index contributed by atoms with van der Waals surface area (Å²) in [6.45, 7) is 1.99. The van der Waals surface area contributed by atoms with E-state index in [1.165, 1.54) is 12.1 Å². The third-order valence-corrected chi connectivity index (χ3v) is 4.26. The van der Waals surface area contributed by atoms with Crippen LogP contribution in [0.15, 0.2) is 60.7 Å². The van der Waals surface area contributed by atoms with Gasteiger partial charge in [-0.2, -0.15) is 0 Å². The number of hydrogen-bond acceptors (Lipinski definition) is 2. The molecule has 1 heterocycles. The molecule has 0 N–H and O–H groups in total. The van der Waals surface area contributed by atoms with Gasteiger partial charge in [-0.25, -0.2) is 4.39 Å². The van der Waals surface area contributed by atoms with Crippen LogP contribution in [0, 0.1) is 12.7 Å². The first-order chi connectivity index (χ1) is 11.0. The predicted molar refractivity (Wildman–Crippen MR) is 88.5 cm³/mol. The Kier molecular flexibility index (Phi) is 4.41. The van der Waals surface area contributed by atoms with E-state index >= 15 is 0 Å². The van der Waals surface area contributed by atoms with Crippen molar-refractivity contribution < 1.29 is 13.2 Å². The van der Waals surface area contributed by atoms with Crippen LogP contribution in [0.25, 0.3) is 16.9 Å². The first-order valence-corrected chi connectivity index (χ1v) is 8.38. The molecule has 23 heavy (non-hydrogen) atoms. The molecule has 2 aromatic carbocycles. The Morgan fingerprint density at radius 2 is 1.65 bits per heavy atom. The van der Waals surface area contributed by atoms with Crippen molar-refractivity contribution in [2.24, 2.45) is 0 Å². The van der Waals surface area contributed by atoms with Crippen LogP contribution in [0.1, 0.15) is 11.3 Å². The molecular formula is C18H15FNO2S-. The zero-order valence-electron chi connectivity index (χ0n) is 12.5. The minimum atomic E-state index is -2.09. The van der Waals surface area contributed by atoms with Gasteiger partial charge in [0.05, 0.1) is 5.69 Å². The van der Waals surface area contributed by atoms with Crippen LogP contribution >= 0.6 is 0 Å². The van der Waals surface area contributed by atoms with Crippen LogP contribution in [0.5, 0.6) is 0 Å². The van der Waals surface area contributed by atoms with Crippen LogP contribution in [-0.4, -0.2) is 13.3 Å². The average Bonchev–Trinajstić information content (AvgIpc) is 2.90. The third-order valence-electron chi connectivity index (χ3n) is 3.70. The second-order valence-corrected chi connectivity index (χ2v) is 6.21. The Morgan fingerprint density at radius 1 is 1.00 bits per heavy atom. The SMILES string of the molecule is Cc1ccc(-c2ccc(CS(=O)[O-])cc2)n1-c1ccc(F)cc1. The fraction of sp³-hybridized carbons (Fsp3) is 0.111. The van der Waals surface area contributed by atoms with Crippen molar-refractivity contribution in [1.29, 1.82) is 0 Å². The summed E-state index contributed by atoms with van der Waals surface area (Å²) in [6, 6.07) is 17.8. The lowest BCUT2D eigenvalue weighted by atomic mass is 10.1. The summed E-state index contributed by atoms with van der Waals surface area (Å²) in [5, 5.41) is 0. The molecule has 1 atom stereocenters. The number of hydrogen-bond donors (Lipinski definition) is 0. The first kappa shape index (κ1) is 15.6. The second kappa shape index (κ2) is 6.48. The van der Waals surface area contributed by atoms with Gasteiger partial charge in [0.15, 0.2) is 0 Å². The lowest BCUT2D eigenvalue weighted by molar-refractivity contribution is 0.536. The largest absolute Gasteiger partial charge is 0.772 e. The lowest BCUT2D eigenvalue weighted by Crippen LogP contribution is -1.99. The third kappa shape index (κ3) is 3.41. The molecule has 5 heteroatoms. The molecule has 0 spiro atoms. The van der Waals surface area contributed by atoms with Gasteiger partial charge in [0.1, 0.15) is 5.82 Å². The minimum absolute atomic E-state index is 0.0122. The van der Waals surface area contributed by atoms with E-state index in [9.17, 15) is 13.2 Å². The van der Waals surface area contributed by atoms with Crippen LogP contribution in [0.3, 0.4) is 0 Å². The molecule has 0 bridgehead atoms. The van der Waals surface area contributed by atoms with E-state index < -0.39 is 11.1 Å². The highest BCUT2D eigenvalue weighted by molar-refractivity contribution is 7.78. The van der Waals surface area contributed by atoms with Gasteiger partial charge in [-0.3, -0.25) is 4.21 Å². The zero-order valence-corrected chi connectivity index (χ0v) is 13.3. The maximum atomic E-state index is 13.1. The molecule has 0 amide bonds. The Morgan fingerprint density at radius 3 is 2.26 bits per heavy atom. The molecule has 0 saturated carbocycles. The lowest BCUT2D eigenvalue weighted by Gasteiger charge is -2.13. The number of aryl methyl sites for hydroxylation is 1. The maximum Gasteiger partial charge on any atom is 0.123 e. The standard InChI is InChI=1S/C18H16FNO2S/c1-13-2-11-18(20(13)17-9-7-16(19)8-10-17)15-5-3-14(4-6-15)12-23(21)22/h2-11H,12H2,1H3,(H,21,22)/p-1. The van der Waals surface area contributed by atoms with Crippen LogP contribution in [-0.2, 0) is 16.8 Å². The highest BCUT2D eigenvalue weighted by atomic mass is 32.2. The van der Waals surface area contributed by atoms with Gasteiger partial charge in [-0.1, -0.05) is 35.3 Å². The highest BCUT2D eigenvalue weighted by Gasteiger charge is 2.09. The van der Waals surface area contributed by atoms with Crippen molar-refractivity contribution in [2.45, 2.75) is 12.7 Å². The summed E-state index contributed by atoms with van der Waals surface area (Å²) in [4.78, 5) is 0. The van der Waals surface area contributed by atoms with Crippen molar-refractivity contribution in [3.05, 3.63) is 77.7 Å². The van der Waals surface area contributed by atoms with Gasteiger partial charge in [-0.05, 0) is 54.4 Å². The normalized spacial score (nSPS) is 12.3.